The van der Waals surface area contributed by atoms with E-state index < -0.39 is 0 Å². The van der Waals surface area contributed by atoms with Gasteiger partial charge in [-0.2, -0.15) is 12.1 Å². The molecule has 0 atom stereocenters. The molecule has 0 bridgehead atoms. The van der Waals surface area contributed by atoms with E-state index in [9.17, 15) is 0 Å². The van der Waals surface area contributed by atoms with Crippen molar-refractivity contribution in [2.45, 2.75) is 26.9 Å². The Morgan fingerprint density at radius 3 is 1.26 bits per heavy atom. The van der Waals surface area contributed by atoms with Gasteiger partial charge in [-0.3, -0.25) is 0 Å². The van der Waals surface area contributed by atoms with E-state index in [2.05, 4.69) is 124 Å². The number of benzene rings is 4. The third kappa shape index (κ3) is 6.44. The van der Waals surface area contributed by atoms with Crippen LogP contribution >= 0.6 is 0 Å². The van der Waals surface area contributed by atoms with E-state index in [1.807, 2.05) is 0 Å². The van der Waals surface area contributed by atoms with Crippen molar-refractivity contribution in [1.82, 2.24) is 0 Å². The molecule has 2 radical (unpaired) electrons. The molecular formula is C32H34SiZr. The van der Waals surface area contributed by atoms with Crippen molar-refractivity contribution >= 4 is 52.6 Å². The van der Waals surface area contributed by atoms with Crippen LogP contribution in [0.3, 0.4) is 0 Å². The molecule has 0 heterocycles. The molecule has 0 aliphatic heterocycles. The minimum absolute atomic E-state index is 0. The molecule has 0 N–H and O–H groups in total. The van der Waals surface area contributed by atoms with E-state index in [4.69, 9.17) is 0 Å². The molecule has 6 aromatic carbocycles. The first-order valence-corrected chi connectivity index (χ1v) is 12.8. The Hall–Kier alpha value is -2.28. The molecule has 34 heavy (non-hydrogen) atoms. The molecule has 0 unspecified atom stereocenters. The summed E-state index contributed by atoms with van der Waals surface area (Å²) < 4.78 is 0. The van der Waals surface area contributed by atoms with Gasteiger partial charge < -0.3 is 14.9 Å². The number of hydrogen-bond acceptors (Lipinski definition) is 0. The third-order valence-corrected chi connectivity index (χ3v) is 5.52. The van der Waals surface area contributed by atoms with Crippen LogP contribution in [0.4, 0.5) is 0 Å². The van der Waals surface area contributed by atoms with Crippen molar-refractivity contribution in [2.75, 3.05) is 0 Å². The van der Waals surface area contributed by atoms with E-state index in [0.29, 0.717) is 0 Å². The number of hydrogen-bond donors (Lipinski definition) is 0. The average molecular weight is 538 g/mol. The molecule has 0 amide bonds. The molecule has 0 spiro atoms. The van der Waals surface area contributed by atoms with Gasteiger partial charge in [0, 0.05) is 9.52 Å². The monoisotopic (exact) mass is 536 g/mol. The molecule has 0 fully saturated rings. The Morgan fingerprint density at radius 2 is 0.882 bits per heavy atom. The summed E-state index contributed by atoms with van der Waals surface area (Å²) in [5, 5.41) is 10.8. The van der Waals surface area contributed by atoms with Crippen LogP contribution in [0, 0.1) is 28.7 Å². The minimum atomic E-state index is 0. The summed E-state index contributed by atoms with van der Waals surface area (Å²) in [7, 11) is 1.08. The van der Waals surface area contributed by atoms with Crippen LogP contribution in [-0.2, 0) is 26.2 Å². The summed E-state index contributed by atoms with van der Waals surface area (Å²) in [6.07, 6.45) is 0. The molecular weight excluding hydrogens is 504 g/mol. The normalized spacial score (nSPS) is 9.76. The summed E-state index contributed by atoms with van der Waals surface area (Å²) in [6, 6.07) is 34.9. The SMILES string of the molecule is C[Si]C.Cc1cc2c(ccc3ccccc32)[cH-]1.Cc1cc2c(ccc3ccccc32)[cH-]1.[CH3-].[CH3-].[Zr+4]. The molecule has 0 aromatic heterocycles. The van der Waals surface area contributed by atoms with Gasteiger partial charge in [-0.1, -0.05) is 98.4 Å². The number of aryl methyl sites for hydroxylation is 2. The average Bonchev–Trinajstić information content (AvgIpc) is 3.36. The van der Waals surface area contributed by atoms with Crippen molar-refractivity contribution < 1.29 is 26.2 Å². The summed E-state index contributed by atoms with van der Waals surface area (Å²) in [5.74, 6) is 0. The van der Waals surface area contributed by atoms with Gasteiger partial charge in [0.1, 0.15) is 0 Å². The standard InChI is InChI=1S/2C14H11.C2H6Si.2CH3.Zr/c2*1-10-8-12-7-6-11-4-2-3-5-13(11)14(12)9-10;1-3-2;;;/h2*2-9H,1H3;1-2H3;2*1H3;/q2*-1;;2*-1;+4. The summed E-state index contributed by atoms with van der Waals surface area (Å²) in [5.41, 5.74) is 2.69. The van der Waals surface area contributed by atoms with Gasteiger partial charge in [-0.05, 0) is 10.8 Å². The van der Waals surface area contributed by atoms with E-state index >= 15 is 0 Å². The van der Waals surface area contributed by atoms with E-state index in [-0.39, 0.29) is 41.1 Å². The first-order chi connectivity index (χ1) is 15.1. The second kappa shape index (κ2) is 13.6. The van der Waals surface area contributed by atoms with Gasteiger partial charge >= 0.3 is 26.2 Å². The summed E-state index contributed by atoms with van der Waals surface area (Å²) in [4.78, 5) is 0. The minimum Gasteiger partial charge on any atom is -0.358 e. The fourth-order valence-electron chi connectivity index (χ4n) is 4.23. The first kappa shape index (κ1) is 29.8. The molecule has 6 rings (SSSR count). The van der Waals surface area contributed by atoms with Crippen LogP contribution in [0.15, 0.2) is 97.1 Å². The second-order valence-electron chi connectivity index (χ2n) is 8.14. The molecule has 0 saturated carbocycles. The topological polar surface area (TPSA) is 0 Å². The van der Waals surface area contributed by atoms with Crippen molar-refractivity contribution in [2.24, 2.45) is 0 Å². The van der Waals surface area contributed by atoms with E-state index in [1.54, 1.807) is 0 Å². The van der Waals surface area contributed by atoms with Crippen LogP contribution < -0.4 is 0 Å². The van der Waals surface area contributed by atoms with E-state index in [1.165, 1.54) is 54.2 Å². The molecule has 0 aliphatic carbocycles. The zero-order chi connectivity index (χ0) is 21.8. The molecule has 2 heteroatoms. The van der Waals surface area contributed by atoms with Gasteiger partial charge in [0.05, 0.1) is 0 Å². The largest absolute Gasteiger partial charge is 4.00 e. The van der Waals surface area contributed by atoms with Crippen LogP contribution in [0.25, 0.3) is 43.1 Å². The zero-order valence-corrected chi connectivity index (χ0v) is 24.7. The zero-order valence-electron chi connectivity index (χ0n) is 21.2. The quantitative estimate of drug-likeness (QED) is 0.134. The van der Waals surface area contributed by atoms with Gasteiger partial charge in [0.25, 0.3) is 0 Å². The maximum atomic E-state index is 2.26. The number of rotatable bonds is 0. The second-order valence-corrected chi connectivity index (χ2v) is 9.14. The van der Waals surface area contributed by atoms with Gasteiger partial charge in [-0.15, -0.1) is 56.9 Å². The predicted octanol–water partition coefficient (Wildman–Crippen LogP) is 9.73. The van der Waals surface area contributed by atoms with Crippen LogP contribution in [-0.4, -0.2) is 9.52 Å². The van der Waals surface area contributed by atoms with Gasteiger partial charge in [0.15, 0.2) is 0 Å². The van der Waals surface area contributed by atoms with Crippen LogP contribution in [0.1, 0.15) is 11.1 Å². The van der Waals surface area contributed by atoms with Gasteiger partial charge in [-0.25, -0.2) is 0 Å². The fourth-order valence-corrected chi connectivity index (χ4v) is 4.23. The van der Waals surface area contributed by atoms with Crippen molar-refractivity contribution in [3.8, 4) is 0 Å². The van der Waals surface area contributed by atoms with Crippen molar-refractivity contribution in [1.29, 1.82) is 0 Å². The Kier molecular flexibility index (Phi) is 11.9. The maximum absolute atomic E-state index is 2.26. The van der Waals surface area contributed by atoms with Crippen molar-refractivity contribution in [3.63, 3.8) is 0 Å². The Bertz CT molecular complexity index is 1340. The molecule has 6 aromatic rings. The first-order valence-electron chi connectivity index (χ1n) is 10.8. The van der Waals surface area contributed by atoms with Crippen molar-refractivity contribution in [3.05, 3.63) is 123 Å². The summed E-state index contributed by atoms with van der Waals surface area (Å²) >= 11 is 0. The Morgan fingerprint density at radius 1 is 0.529 bits per heavy atom. The third-order valence-electron chi connectivity index (χ3n) is 5.52. The Balaban J connectivity index is 0.000000283. The summed E-state index contributed by atoms with van der Waals surface area (Å²) in [6.45, 7) is 8.60. The molecule has 0 aliphatic rings. The number of fused-ring (bicyclic) bond motifs is 6. The molecule has 170 valence electrons. The van der Waals surface area contributed by atoms with E-state index in [0.717, 1.165) is 9.52 Å². The fraction of sp³-hybridized carbons (Fsp3) is 0.125. The van der Waals surface area contributed by atoms with Gasteiger partial charge in [0.2, 0.25) is 0 Å². The smallest absolute Gasteiger partial charge is 0.358 e. The predicted molar refractivity (Wildman–Crippen MR) is 154 cm³/mol. The van der Waals surface area contributed by atoms with Crippen LogP contribution in [0.2, 0.25) is 13.1 Å². The Labute approximate surface area is 227 Å². The molecule has 0 nitrogen and oxygen atoms in total. The maximum Gasteiger partial charge on any atom is 4.00 e. The van der Waals surface area contributed by atoms with Crippen LogP contribution in [0.5, 0.6) is 0 Å². The molecule has 0 saturated heterocycles.